The van der Waals surface area contributed by atoms with Crippen LogP contribution < -0.4 is 5.11 Å². The lowest BCUT2D eigenvalue weighted by Crippen LogP contribution is -2.17. The maximum atomic E-state index is 11.5. The predicted octanol–water partition coefficient (Wildman–Crippen LogP) is 2.17. The van der Waals surface area contributed by atoms with Crippen molar-refractivity contribution < 1.29 is 9.84 Å². The van der Waals surface area contributed by atoms with Crippen molar-refractivity contribution in [1.82, 2.24) is 0 Å². The van der Waals surface area contributed by atoms with Gasteiger partial charge in [0.1, 0.15) is 0 Å². The largest absolute Gasteiger partial charge is 0.596 e. The van der Waals surface area contributed by atoms with Crippen molar-refractivity contribution in [2.75, 3.05) is 0 Å². The number of hydrogen-bond donors (Lipinski definition) is 0. The van der Waals surface area contributed by atoms with Crippen LogP contribution >= 0.6 is 11.8 Å². The highest BCUT2D eigenvalue weighted by Crippen LogP contribution is 2.46. The van der Waals surface area contributed by atoms with Crippen LogP contribution in [0.3, 0.4) is 0 Å². The predicted molar refractivity (Wildman–Crippen MR) is 56.1 cm³/mol. The molecule has 0 aliphatic carbocycles. The van der Waals surface area contributed by atoms with E-state index in [1.807, 2.05) is 44.2 Å². The molecule has 0 N–H and O–H groups in total. The van der Waals surface area contributed by atoms with Crippen molar-refractivity contribution in [3.05, 3.63) is 41.8 Å². The zero-order chi connectivity index (χ0) is 10.2. The van der Waals surface area contributed by atoms with Gasteiger partial charge >= 0.3 is 0 Å². The second kappa shape index (κ2) is 3.24. The van der Waals surface area contributed by atoms with Crippen LogP contribution in [-0.4, -0.2) is 4.93 Å². The molecular formula is C11H11O2S-. The SMILES string of the molecule is CC1(C)OC([O-])=C(c2ccccc2)S1. The summed E-state index contributed by atoms with van der Waals surface area (Å²) in [6, 6.07) is 9.61. The Kier molecular flexibility index (Phi) is 2.19. The Morgan fingerprint density at radius 2 is 1.86 bits per heavy atom. The minimum atomic E-state index is -0.428. The number of thioether (sulfide) groups is 1. The minimum absolute atomic E-state index is 0.216. The van der Waals surface area contributed by atoms with Gasteiger partial charge in [-0.3, -0.25) is 0 Å². The first-order valence-electron chi connectivity index (χ1n) is 4.43. The number of ether oxygens (including phenoxy) is 1. The van der Waals surface area contributed by atoms with E-state index in [2.05, 4.69) is 0 Å². The summed E-state index contributed by atoms with van der Waals surface area (Å²) in [5.74, 6) is -0.216. The first-order valence-corrected chi connectivity index (χ1v) is 5.25. The summed E-state index contributed by atoms with van der Waals surface area (Å²) in [5, 5.41) is 11.5. The third-order valence-electron chi connectivity index (χ3n) is 1.91. The lowest BCUT2D eigenvalue weighted by Gasteiger charge is -2.25. The molecule has 1 heterocycles. The highest BCUT2D eigenvalue weighted by atomic mass is 32.2. The van der Waals surface area contributed by atoms with Crippen LogP contribution in [-0.2, 0) is 4.74 Å². The van der Waals surface area contributed by atoms with E-state index in [9.17, 15) is 5.11 Å². The Bertz CT molecular complexity index is 368. The Morgan fingerprint density at radius 3 is 2.36 bits per heavy atom. The molecule has 0 aromatic heterocycles. The lowest BCUT2D eigenvalue weighted by molar-refractivity contribution is -0.359. The molecule has 2 nitrogen and oxygen atoms in total. The van der Waals surface area contributed by atoms with E-state index < -0.39 is 4.93 Å². The van der Waals surface area contributed by atoms with Crippen LogP contribution in [0.2, 0.25) is 0 Å². The fourth-order valence-corrected chi connectivity index (χ4v) is 2.33. The lowest BCUT2D eigenvalue weighted by atomic mass is 10.2. The molecule has 1 aliphatic rings. The van der Waals surface area contributed by atoms with Gasteiger partial charge in [-0.25, -0.2) is 0 Å². The fraction of sp³-hybridized carbons (Fsp3) is 0.273. The summed E-state index contributed by atoms with van der Waals surface area (Å²) >= 11 is 1.47. The summed E-state index contributed by atoms with van der Waals surface area (Å²) < 4.78 is 5.20. The summed E-state index contributed by atoms with van der Waals surface area (Å²) in [5.41, 5.74) is 0.938. The number of benzene rings is 1. The fourth-order valence-electron chi connectivity index (χ4n) is 1.34. The molecule has 14 heavy (non-hydrogen) atoms. The van der Waals surface area contributed by atoms with E-state index in [0.29, 0.717) is 4.91 Å². The van der Waals surface area contributed by atoms with Crippen molar-refractivity contribution in [3.63, 3.8) is 0 Å². The Balaban J connectivity index is 2.33. The number of hydrogen-bond acceptors (Lipinski definition) is 3. The van der Waals surface area contributed by atoms with Crippen LogP contribution in [0, 0.1) is 0 Å². The van der Waals surface area contributed by atoms with Crippen LogP contribution in [0.25, 0.3) is 4.91 Å². The molecule has 2 rings (SSSR count). The zero-order valence-corrected chi connectivity index (χ0v) is 8.93. The van der Waals surface area contributed by atoms with Crippen LogP contribution in [0.4, 0.5) is 0 Å². The van der Waals surface area contributed by atoms with E-state index >= 15 is 0 Å². The van der Waals surface area contributed by atoms with Gasteiger partial charge < -0.3 is 9.84 Å². The molecule has 0 unspecified atom stereocenters. The van der Waals surface area contributed by atoms with Crippen LogP contribution in [0.5, 0.6) is 0 Å². The monoisotopic (exact) mass is 207 g/mol. The normalized spacial score (nSPS) is 19.6. The van der Waals surface area contributed by atoms with E-state index in [1.54, 1.807) is 0 Å². The molecule has 0 spiro atoms. The van der Waals surface area contributed by atoms with E-state index in [0.717, 1.165) is 5.56 Å². The van der Waals surface area contributed by atoms with Gasteiger partial charge in [-0.1, -0.05) is 30.3 Å². The molecule has 1 aromatic rings. The van der Waals surface area contributed by atoms with Gasteiger partial charge in [-0.15, -0.1) is 11.8 Å². The molecular weight excluding hydrogens is 196 g/mol. The molecule has 74 valence electrons. The maximum Gasteiger partial charge on any atom is 0.0672 e. The van der Waals surface area contributed by atoms with Crippen LogP contribution in [0.1, 0.15) is 19.4 Å². The third-order valence-corrected chi connectivity index (χ3v) is 3.09. The Hall–Kier alpha value is -1.09. The van der Waals surface area contributed by atoms with Gasteiger partial charge in [0.15, 0.2) is 0 Å². The Labute approximate surface area is 87.6 Å². The second-order valence-electron chi connectivity index (χ2n) is 3.59. The molecule has 0 radical (unpaired) electrons. The molecule has 3 heteroatoms. The summed E-state index contributed by atoms with van der Waals surface area (Å²) in [4.78, 5) is 0.276. The summed E-state index contributed by atoms with van der Waals surface area (Å²) in [6.07, 6.45) is 0. The van der Waals surface area contributed by atoms with Crippen LogP contribution in [0.15, 0.2) is 36.3 Å². The van der Waals surface area contributed by atoms with Gasteiger partial charge in [-0.05, 0) is 19.4 Å². The molecule has 0 fully saturated rings. The summed E-state index contributed by atoms with van der Waals surface area (Å²) in [6.45, 7) is 3.79. The summed E-state index contributed by atoms with van der Waals surface area (Å²) in [7, 11) is 0. The Morgan fingerprint density at radius 1 is 1.21 bits per heavy atom. The smallest absolute Gasteiger partial charge is 0.0672 e. The molecule has 0 saturated carbocycles. The first-order chi connectivity index (χ1) is 6.58. The highest BCUT2D eigenvalue weighted by Gasteiger charge is 2.25. The second-order valence-corrected chi connectivity index (χ2v) is 5.18. The van der Waals surface area contributed by atoms with Crippen molar-refractivity contribution >= 4 is 16.7 Å². The van der Waals surface area contributed by atoms with Gasteiger partial charge in [0.2, 0.25) is 0 Å². The average molecular weight is 207 g/mol. The third kappa shape index (κ3) is 1.73. The standard InChI is InChI=1S/C11H12O2S/c1-11(2)13-10(12)9(14-11)8-6-4-3-5-7-8/h3-7,12H,1-2H3/p-1. The first kappa shape index (κ1) is 9.46. The minimum Gasteiger partial charge on any atom is -0.596 e. The molecule has 0 bridgehead atoms. The molecule has 0 saturated heterocycles. The van der Waals surface area contributed by atoms with Gasteiger partial charge in [0.25, 0.3) is 0 Å². The molecule has 0 atom stereocenters. The van der Waals surface area contributed by atoms with Gasteiger partial charge in [0.05, 0.1) is 10.9 Å². The maximum absolute atomic E-state index is 11.5. The quantitative estimate of drug-likeness (QED) is 0.707. The van der Waals surface area contributed by atoms with Crippen molar-refractivity contribution in [1.29, 1.82) is 0 Å². The van der Waals surface area contributed by atoms with E-state index in [4.69, 9.17) is 4.74 Å². The topological polar surface area (TPSA) is 32.3 Å². The van der Waals surface area contributed by atoms with E-state index in [-0.39, 0.29) is 5.95 Å². The van der Waals surface area contributed by atoms with Gasteiger partial charge in [0, 0.05) is 4.91 Å². The van der Waals surface area contributed by atoms with Gasteiger partial charge in [-0.2, -0.15) is 0 Å². The molecule has 1 aliphatic heterocycles. The highest BCUT2D eigenvalue weighted by molar-refractivity contribution is 8.09. The number of rotatable bonds is 1. The van der Waals surface area contributed by atoms with Crippen molar-refractivity contribution in [3.8, 4) is 0 Å². The molecule has 1 aromatic carbocycles. The average Bonchev–Trinajstić information content (AvgIpc) is 2.41. The zero-order valence-electron chi connectivity index (χ0n) is 8.11. The van der Waals surface area contributed by atoms with E-state index in [1.165, 1.54) is 11.8 Å². The van der Waals surface area contributed by atoms with Crippen molar-refractivity contribution in [2.45, 2.75) is 18.8 Å². The van der Waals surface area contributed by atoms with Crippen molar-refractivity contribution in [2.24, 2.45) is 0 Å². The molecule has 0 amide bonds.